The first-order valence-electron chi connectivity index (χ1n) is 5.22. The van der Waals surface area contributed by atoms with Crippen LogP contribution in [0.25, 0.3) is 0 Å². The normalized spacial score (nSPS) is 26.3. The van der Waals surface area contributed by atoms with Gasteiger partial charge < -0.3 is 9.67 Å². The Morgan fingerprint density at radius 3 is 2.86 bits per heavy atom. The van der Waals surface area contributed by atoms with Crippen molar-refractivity contribution in [1.29, 1.82) is 0 Å². The van der Waals surface area contributed by atoms with Crippen molar-refractivity contribution in [3.63, 3.8) is 0 Å². The van der Waals surface area contributed by atoms with Crippen LogP contribution >= 0.6 is 15.9 Å². The van der Waals surface area contributed by atoms with Crippen LogP contribution in [0.4, 0.5) is 0 Å². The van der Waals surface area contributed by atoms with E-state index in [4.69, 9.17) is 0 Å². The monoisotopic (exact) mass is 256 g/mol. The summed E-state index contributed by atoms with van der Waals surface area (Å²) in [4.78, 5) is 4.52. The molecule has 1 aliphatic carbocycles. The molecular formula is C10H13BrN2O. The molecule has 0 spiro atoms. The van der Waals surface area contributed by atoms with Gasteiger partial charge in [0.25, 0.3) is 0 Å². The van der Waals surface area contributed by atoms with Crippen LogP contribution in [0.15, 0.2) is 4.60 Å². The van der Waals surface area contributed by atoms with Gasteiger partial charge in [0, 0.05) is 5.92 Å². The van der Waals surface area contributed by atoms with E-state index in [-0.39, 0.29) is 6.23 Å². The number of imidazole rings is 1. The molecule has 1 N–H and O–H groups in total. The van der Waals surface area contributed by atoms with Gasteiger partial charge in [0.15, 0.2) is 0 Å². The molecular weight excluding hydrogens is 244 g/mol. The van der Waals surface area contributed by atoms with Crippen LogP contribution in [0.3, 0.4) is 0 Å². The Morgan fingerprint density at radius 1 is 1.36 bits per heavy atom. The number of halogens is 1. The molecule has 14 heavy (non-hydrogen) atoms. The van der Waals surface area contributed by atoms with Gasteiger partial charge in [-0.1, -0.05) is 0 Å². The van der Waals surface area contributed by atoms with Gasteiger partial charge in [-0.3, -0.25) is 0 Å². The Bertz CT molecular complexity index is 370. The minimum atomic E-state index is -0.340. The topological polar surface area (TPSA) is 38.1 Å². The molecule has 76 valence electrons. The molecule has 3 nitrogen and oxygen atoms in total. The predicted octanol–water partition coefficient (Wildman–Crippen LogP) is 2.35. The van der Waals surface area contributed by atoms with Gasteiger partial charge >= 0.3 is 0 Å². The summed E-state index contributed by atoms with van der Waals surface area (Å²) in [6, 6.07) is 0. The minimum Gasteiger partial charge on any atom is -0.373 e. The van der Waals surface area contributed by atoms with Gasteiger partial charge in [-0.25, -0.2) is 4.98 Å². The zero-order chi connectivity index (χ0) is 9.71. The smallest absolute Gasteiger partial charge is 0.132 e. The highest BCUT2D eigenvalue weighted by atomic mass is 79.9. The zero-order valence-electron chi connectivity index (χ0n) is 7.91. The second-order valence-corrected chi connectivity index (χ2v) is 4.98. The number of fused-ring (bicyclic) bond motifs is 1. The largest absolute Gasteiger partial charge is 0.373 e. The molecule has 1 aromatic heterocycles. The van der Waals surface area contributed by atoms with E-state index in [0.29, 0.717) is 5.92 Å². The number of aliphatic hydroxyl groups excluding tert-OH is 1. The standard InChI is InChI=1S/C10H13BrN2O/c11-9-7-2-1-3-8(14)13(7)10(12-9)6-4-5-6/h6,8,14H,1-5H2. The lowest BCUT2D eigenvalue weighted by Gasteiger charge is -2.22. The summed E-state index contributed by atoms with van der Waals surface area (Å²) in [5.74, 6) is 1.70. The molecule has 4 heteroatoms. The summed E-state index contributed by atoms with van der Waals surface area (Å²) in [6.45, 7) is 0. The molecule has 1 aromatic rings. The molecule has 0 bridgehead atoms. The van der Waals surface area contributed by atoms with E-state index in [1.54, 1.807) is 0 Å². The van der Waals surface area contributed by atoms with Gasteiger partial charge in [-0.2, -0.15) is 0 Å². The lowest BCUT2D eigenvalue weighted by Crippen LogP contribution is -2.19. The van der Waals surface area contributed by atoms with E-state index >= 15 is 0 Å². The van der Waals surface area contributed by atoms with Crippen molar-refractivity contribution in [2.45, 2.75) is 44.2 Å². The number of rotatable bonds is 1. The summed E-state index contributed by atoms with van der Waals surface area (Å²) < 4.78 is 2.99. The molecule has 0 aromatic carbocycles. The third kappa shape index (κ3) is 1.24. The van der Waals surface area contributed by atoms with Crippen molar-refractivity contribution in [3.8, 4) is 0 Å². The molecule has 2 aliphatic rings. The van der Waals surface area contributed by atoms with E-state index < -0.39 is 0 Å². The maximum absolute atomic E-state index is 9.93. The van der Waals surface area contributed by atoms with E-state index in [2.05, 4.69) is 20.9 Å². The molecule has 1 unspecified atom stereocenters. The van der Waals surface area contributed by atoms with Crippen LogP contribution in [-0.2, 0) is 6.42 Å². The molecule has 0 radical (unpaired) electrons. The van der Waals surface area contributed by atoms with E-state index in [0.717, 1.165) is 29.7 Å². The second kappa shape index (κ2) is 3.07. The first-order chi connectivity index (χ1) is 6.77. The maximum atomic E-state index is 9.93. The Morgan fingerprint density at radius 2 is 2.14 bits per heavy atom. The average Bonchev–Trinajstić information content (AvgIpc) is 2.94. The first kappa shape index (κ1) is 8.92. The number of aliphatic hydroxyl groups is 1. The molecule has 0 saturated heterocycles. The molecule has 3 rings (SSSR count). The van der Waals surface area contributed by atoms with Crippen LogP contribution in [0.1, 0.15) is 49.3 Å². The Labute approximate surface area is 91.3 Å². The van der Waals surface area contributed by atoms with Gasteiger partial charge in [-0.15, -0.1) is 0 Å². The lowest BCUT2D eigenvalue weighted by atomic mass is 10.1. The quantitative estimate of drug-likeness (QED) is 0.838. The van der Waals surface area contributed by atoms with Crippen molar-refractivity contribution in [1.82, 2.24) is 9.55 Å². The molecule has 1 aliphatic heterocycles. The second-order valence-electron chi connectivity index (χ2n) is 4.22. The number of hydrogen-bond donors (Lipinski definition) is 1. The molecule has 2 heterocycles. The van der Waals surface area contributed by atoms with Gasteiger partial charge in [0.1, 0.15) is 16.7 Å². The van der Waals surface area contributed by atoms with Crippen LogP contribution in [0.5, 0.6) is 0 Å². The van der Waals surface area contributed by atoms with Crippen LogP contribution in [0.2, 0.25) is 0 Å². The summed E-state index contributed by atoms with van der Waals surface area (Å²) in [5.41, 5.74) is 1.19. The zero-order valence-corrected chi connectivity index (χ0v) is 9.50. The van der Waals surface area contributed by atoms with E-state index in [1.807, 2.05) is 4.57 Å². The summed E-state index contributed by atoms with van der Waals surface area (Å²) in [6.07, 6.45) is 5.10. The fourth-order valence-corrected chi connectivity index (χ4v) is 2.79. The third-order valence-corrected chi connectivity index (χ3v) is 3.74. The number of nitrogens with zero attached hydrogens (tertiary/aromatic N) is 2. The molecule has 1 fully saturated rings. The lowest BCUT2D eigenvalue weighted by molar-refractivity contribution is 0.0756. The van der Waals surface area contributed by atoms with Gasteiger partial charge in [-0.05, 0) is 48.0 Å². The highest BCUT2D eigenvalue weighted by molar-refractivity contribution is 9.10. The summed E-state index contributed by atoms with van der Waals surface area (Å²) in [5, 5.41) is 9.93. The number of hydrogen-bond acceptors (Lipinski definition) is 2. The van der Waals surface area contributed by atoms with Crippen LogP contribution < -0.4 is 0 Å². The fourth-order valence-electron chi connectivity index (χ4n) is 2.22. The summed E-state index contributed by atoms with van der Waals surface area (Å²) in [7, 11) is 0. The predicted molar refractivity (Wildman–Crippen MR) is 56.1 cm³/mol. The fraction of sp³-hybridized carbons (Fsp3) is 0.700. The average molecular weight is 257 g/mol. The van der Waals surface area contributed by atoms with Gasteiger partial charge in [0.2, 0.25) is 0 Å². The molecule has 0 amide bonds. The SMILES string of the molecule is OC1CCCc2c(Br)nc(C3CC3)n21. The highest BCUT2D eigenvalue weighted by Crippen LogP contribution is 2.43. The van der Waals surface area contributed by atoms with Crippen molar-refractivity contribution < 1.29 is 5.11 Å². The Kier molecular flexibility index (Phi) is 1.96. The highest BCUT2D eigenvalue weighted by Gasteiger charge is 2.33. The van der Waals surface area contributed by atoms with Crippen molar-refractivity contribution in [3.05, 3.63) is 16.1 Å². The van der Waals surface area contributed by atoms with Crippen LogP contribution in [0, 0.1) is 0 Å². The third-order valence-electron chi connectivity index (χ3n) is 3.10. The molecule has 1 saturated carbocycles. The Hall–Kier alpha value is -0.350. The van der Waals surface area contributed by atoms with Gasteiger partial charge in [0.05, 0.1) is 5.69 Å². The minimum absolute atomic E-state index is 0.340. The number of aromatic nitrogens is 2. The van der Waals surface area contributed by atoms with Crippen molar-refractivity contribution >= 4 is 15.9 Å². The van der Waals surface area contributed by atoms with E-state index in [9.17, 15) is 5.11 Å². The van der Waals surface area contributed by atoms with Crippen LogP contribution in [-0.4, -0.2) is 14.7 Å². The summed E-state index contributed by atoms with van der Waals surface area (Å²) >= 11 is 3.48. The molecule has 1 atom stereocenters. The van der Waals surface area contributed by atoms with E-state index in [1.165, 1.54) is 18.5 Å². The maximum Gasteiger partial charge on any atom is 0.132 e. The van der Waals surface area contributed by atoms with Crippen molar-refractivity contribution in [2.75, 3.05) is 0 Å². The Balaban J connectivity index is 2.12. The first-order valence-corrected chi connectivity index (χ1v) is 6.01. The van der Waals surface area contributed by atoms with Crippen molar-refractivity contribution in [2.24, 2.45) is 0 Å².